The van der Waals surface area contributed by atoms with E-state index in [4.69, 9.17) is 10.00 Å². The number of amides is 1. The van der Waals surface area contributed by atoms with Gasteiger partial charge in [0.15, 0.2) is 12.3 Å². The molecule has 1 N–H and O–H groups in total. The van der Waals surface area contributed by atoms with E-state index in [1.54, 1.807) is 24.3 Å². The summed E-state index contributed by atoms with van der Waals surface area (Å²) in [5.41, 5.74) is -0.263. The van der Waals surface area contributed by atoms with Crippen LogP contribution >= 0.6 is 0 Å². The van der Waals surface area contributed by atoms with Gasteiger partial charge in [0.1, 0.15) is 0 Å². The van der Waals surface area contributed by atoms with Crippen molar-refractivity contribution in [3.05, 3.63) is 40.3 Å². The van der Waals surface area contributed by atoms with Gasteiger partial charge in [-0.2, -0.15) is 10.4 Å². The van der Waals surface area contributed by atoms with Gasteiger partial charge < -0.3 is 10.1 Å². The standard InChI is InChI=1S/C18H20N4O4/c1-2-3-11-22-17(24)14-8-5-4-7-13(14)16(21-22)18(25)26-12-15(23)20-10-6-9-19/h4-5,7-8H,2-3,6,10-12H2,1H3,(H,20,23). The topological polar surface area (TPSA) is 114 Å². The highest BCUT2D eigenvalue weighted by Gasteiger charge is 2.18. The number of unbranched alkanes of at least 4 members (excludes halogenated alkanes) is 1. The van der Waals surface area contributed by atoms with Crippen LogP contribution in [0, 0.1) is 11.3 Å². The van der Waals surface area contributed by atoms with Crippen LogP contribution < -0.4 is 10.9 Å². The van der Waals surface area contributed by atoms with Crippen molar-refractivity contribution >= 4 is 22.6 Å². The average molecular weight is 356 g/mol. The third-order valence-corrected chi connectivity index (χ3v) is 3.68. The molecule has 0 aliphatic rings. The molecule has 0 fully saturated rings. The molecule has 8 nitrogen and oxygen atoms in total. The van der Waals surface area contributed by atoms with E-state index >= 15 is 0 Å². The monoisotopic (exact) mass is 356 g/mol. The molecule has 1 aromatic carbocycles. The van der Waals surface area contributed by atoms with Crippen molar-refractivity contribution in [1.29, 1.82) is 5.26 Å². The lowest BCUT2D eigenvalue weighted by atomic mass is 10.1. The number of rotatable bonds is 8. The Labute approximate surface area is 150 Å². The van der Waals surface area contributed by atoms with E-state index in [9.17, 15) is 14.4 Å². The number of nitrogens with zero attached hydrogens (tertiary/aromatic N) is 3. The zero-order chi connectivity index (χ0) is 18.9. The predicted molar refractivity (Wildman–Crippen MR) is 94.4 cm³/mol. The van der Waals surface area contributed by atoms with Crippen molar-refractivity contribution < 1.29 is 14.3 Å². The summed E-state index contributed by atoms with van der Waals surface area (Å²) < 4.78 is 6.28. The first-order valence-electron chi connectivity index (χ1n) is 8.39. The summed E-state index contributed by atoms with van der Waals surface area (Å²) in [6.45, 7) is 2.10. The van der Waals surface area contributed by atoms with E-state index in [2.05, 4.69) is 10.4 Å². The molecule has 0 unspecified atom stereocenters. The zero-order valence-corrected chi connectivity index (χ0v) is 14.5. The summed E-state index contributed by atoms with van der Waals surface area (Å²) in [4.78, 5) is 36.5. The smallest absolute Gasteiger partial charge is 0.359 e. The van der Waals surface area contributed by atoms with Crippen molar-refractivity contribution in [3.63, 3.8) is 0 Å². The second-order valence-electron chi connectivity index (χ2n) is 5.61. The van der Waals surface area contributed by atoms with Gasteiger partial charge in [-0.05, 0) is 12.5 Å². The van der Waals surface area contributed by atoms with Crippen LogP contribution in [-0.2, 0) is 16.1 Å². The molecule has 8 heteroatoms. The molecule has 26 heavy (non-hydrogen) atoms. The minimum atomic E-state index is -0.776. The van der Waals surface area contributed by atoms with Crippen LogP contribution in [0.4, 0.5) is 0 Å². The number of hydrogen-bond acceptors (Lipinski definition) is 6. The molecular weight excluding hydrogens is 336 g/mol. The number of nitrogens with one attached hydrogen (secondary N) is 1. The molecule has 136 valence electrons. The first kappa shape index (κ1) is 19.1. The van der Waals surface area contributed by atoms with Crippen molar-refractivity contribution in [1.82, 2.24) is 15.1 Å². The van der Waals surface area contributed by atoms with Crippen LogP contribution in [-0.4, -0.2) is 34.8 Å². The third-order valence-electron chi connectivity index (χ3n) is 3.68. The molecule has 2 aromatic rings. The van der Waals surface area contributed by atoms with Crippen LogP contribution in [0.3, 0.4) is 0 Å². The van der Waals surface area contributed by atoms with Gasteiger partial charge in [0.2, 0.25) is 0 Å². The van der Waals surface area contributed by atoms with Crippen LogP contribution in [0.2, 0.25) is 0 Å². The molecule has 2 rings (SSSR count). The number of benzene rings is 1. The second-order valence-corrected chi connectivity index (χ2v) is 5.61. The van der Waals surface area contributed by atoms with E-state index in [1.165, 1.54) is 4.68 Å². The van der Waals surface area contributed by atoms with E-state index in [0.29, 0.717) is 17.3 Å². The van der Waals surface area contributed by atoms with Crippen molar-refractivity contribution in [2.45, 2.75) is 32.7 Å². The normalized spacial score (nSPS) is 10.3. The highest BCUT2D eigenvalue weighted by molar-refractivity contribution is 6.02. The lowest BCUT2D eigenvalue weighted by Gasteiger charge is -2.10. The number of hydrogen-bond donors (Lipinski definition) is 1. The van der Waals surface area contributed by atoms with Gasteiger partial charge in [0, 0.05) is 18.5 Å². The summed E-state index contributed by atoms with van der Waals surface area (Å²) in [5, 5.41) is 15.8. The fourth-order valence-corrected chi connectivity index (χ4v) is 2.35. The molecule has 0 radical (unpaired) electrons. The van der Waals surface area contributed by atoms with E-state index < -0.39 is 18.5 Å². The Morgan fingerprint density at radius 1 is 1.31 bits per heavy atom. The molecule has 0 bridgehead atoms. The number of fused-ring (bicyclic) bond motifs is 1. The molecule has 0 saturated heterocycles. The van der Waals surface area contributed by atoms with Crippen molar-refractivity contribution in [3.8, 4) is 6.07 Å². The fraction of sp³-hybridized carbons (Fsp3) is 0.389. The maximum atomic E-state index is 12.5. The minimum absolute atomic E-state index is 0.00104. The van der Waals surface area contributed by atoms with Gasteiger partial charge in [0.25, 0.3) is 11.5 Å². The summed E-state index contributed by atoms with van der Waals surface area (Å²) >= 11 is 0. The van der Waals surface area contributed by atoms with Crippen molar-refractivity contribution in [2.24, 2.45) is 0 Å². The van der Waals surface area contributed by atoms with Crippen LogP contribution in [0.5, 0.6) is 0 Å². The molecular formula is C18H20N4O4. The summed E-state index contributed by atoms with van der Waals surface area (Å²) in [6.07, 6.45) is 1.80. The number of ether oxygens (including phenoxy) is 1. The van der Waals surface area contributed by atoms with Gasteiger partial charge in [-0.3, -0.25) is 9.59 Å². The molecule has 0 aliphatic heterocycles. The van der Waals surface area contributed by atoms with Gasteiger partial charge in [-0.25, -0.2) is 9.48 Å². The zero-order valence-electron chi connectivity index (χ0n) is 14.5. The quantitative estimate of drug-likeness (QED) is 0.564. The molecule has 0 saturated carbocycles. The maximum absolute atomic E-state index is 12.5. The number of aryl methyl sites for hydroxylation is 1. The van der Waals surface area contributed by atoms with Crippen LogP contribution in [0.15, 0.2) is 29.1 Å². The van der Waals surface area contributed by atoms with E-state index in [1.807, 2.05) is 13.0 Å². The second kappa shape index (κ2) is 9.32. The van der Waals surface area contributed by atoms with Gasteiger partial charge in [-0.15, -0.1) is 0 Å². The molecule has 1 amide bonds. The maximum Gasteiger partial charge on any atom is 0.359 e. The Balaban J connectivity index is 2.23. The van der Waals surface area contributed by atoms with Gasteiger partial charge in [-0.1, -0.05) is 31.5 Å². The number of nitriles is 1. The number of aromatic nitrogens is 2. The summed E-state index contributed by atoms with van der Waals surface area (Å²) in [5.74, 6) is -1.28. The Bertz CT molecular complexity index is 898. The third kappa shape index (κ3) is 4.66. The first-order chi connectivity index (χ1) is 12.6. The highest BCUT2D eigenvalue weighted by atomic mass is 16.5. The van der Waals surface area contributed by atoms with Crippen LogP contribution in [0.1, 0.15) is 36.7 Å². The fourth-order valence-electron chi connectivity index (χ4n) is 2.35. The molecule has 0 spiro atoms. The highest BCUT2D eigenvalue weighted by Crippen LogP contribution is 2.14. The Morgan fingerprint density at radius 2 is 2.04 bits per heavy atom. The largest absolute Gasteiger partial charge is 0.451 e. The minimum Gasteiger partial charge on any atom is -0.451 e. The molecule has 1 heterocycles. The first-order valence-corrected chi connectivity index (χ1v) is 8.39. The summed E-state index contributed by atoms with van der Waals surface area (Å²) in [6, 6.07) is 8.57. The molecule has 0 atom stereocenters. The van der Waals surface area contributed by atoms with E-state index in [-0.39, 0.29) is 24.2 Å². The number of carbonyl (C=O) groups excluding carboxylic acids is 2. The average Bonchev–Trinajstić information content (AvgIpc) is 2.66. The predicted octanol–water partition coefficient (Wildman–Crippen LogP) is 1.38. The SMILES string of the molecule is CCCCn1nc(C(=O)OCC(=O)NCCC#N)c2ccccc2c1=O. The van der Waals surface area contributed by atoms with Gasteiger partial charge >= 0.3 is 5.97 Å². The summed E-state index contributed by atoms with van der Waals surface area (Å²) in [7, 11) is 0. The Hall–Kier alpha value is -3.21. The lowest BCUT2D eigenvalue weighted by molar-refractivity contribution is -0.124. The van der Waals surface area contributed by atoms with Crippen LogP contribution in [0.25, 0.3) is 10.8 Å². The lowest BCUT2D eigenvalue weighted by Crippen LogP contribution is -2.31. The molecule has 0 aliphatic carbocycles. The van der Waals surface area contributed by atoms with Gasteiger partial charge in [0.05, 0.1) is 17.9 Å². The van der Waals surface area contributed by atoms with E-state index in [0.717, 1.165) is 12.8 Å². The Kier molecular flexibility index (Phi) is 6.85. The van der Waals surface area contributed by atoms with Crippen molar-refractivity contribution in [2.75, 3.05) is 13.2 Å². The Morgan fingerprint density at radius 3 is 2.73 bits per heavy atom. The number of carbonyl (C=O) groups is 2. The molecule has 1 aromatic heterocycles. The number of esters is 1.